The van der Waals surface area contributed by atoms with E-state index in [1.165, 1.54) is 0 Å². The van der Waals surface area contributed by atoms with Crippen molar-refractivity contribution in [3.63, 3.8) is 0 Å². The van der Waals surface area contributed by atoms with Crippen LogP contribution in [0.4, 0.5) is 5.82 Å². The summed E-state index contributed by atoms with van der Waals surface area (Å²) in [6.45, 7) is 0. The largest absolute Gasteiger partial charge is 0.265 e. The molecule has 6 nitrogen and oxygen atoms in total. The number of halogens is 1. The number of nitrogens with zero attached hydrogens (tertiary/aromatic N) is 3. The second kappa shape index (κ2) is 5.38. The molecular formula is C11H9ClN4O2S. The Morgan fingerprint density at radius 3 is 2.53 bits per heavy atom. The summed E-state index contributed by atoms with van der Waals surface area (Å²) in [5, 5.41) is 8.37. The number of rotatable bonds is 4. The van der Waals surface area contributed by atoms with Gasteiger partial charge in [-0.2, -0.15) is 5.26 Å². The fourth-order valence-corrected chi connectivity index (χ4v) is 2.56. The Labute approximate surface area is 115 Å². The van der Waals surface area contributed by atoms with E-state index in [2.05, 4.69) is 14.7 Å². The van der Waals surface area contributed by atoms with Crippen LogP contribution in [0.1, 0.15) is 6.42 Å². The molecule has 0 aliphatic heterocycles. The maximum absolute atomic E-state index is 11.7. The highest BCUT2D eigenvalue weighted by Crippen LogP contribution is 2.21. The van der Waals surface area contributed by atoms with E-state index in [1.807, 2.05) is 0 Å². The maximum atomic E-state index is 11.7. The molecule has 0 fully saturated rings. The summed E-state index contributed by atoms with van der Waals surface area (Å²) in [6.07, 6.45) is -0.103. The van der Waals surface area contributed by atoms with Gasteiger partial charge in [-0.25, -0.2) is 18.4 Å². The van der Waals surface area contributed by atoms with Crippen molar-refractivity contribution in [2.24, 2.45) is 0 Å². The number of fused-ring (bicyclic) bond motifs is 1. The third-order valence-electron chi connectivity index (χ3n) is 2.26. The highest BCUT2D eigenvalue weighted by atomic mass is 35.5. The van der Waals surface area contributed by atoms with Crippen LogP contribution in [0.15, 0.2) is 24.3 Å². The lowest BCUT2D eigenvalue weighted by atomic mass is 10.3. The van der Waals surface area contributed by atoms with Gasteiger partial charge in [0.25, 0.3) is 0 Å². The molecule has 0 aliphatic carbocycles. The van der Waals surface area contributed by atoms with E-state index in [9.17, 15) is 8.42 Å². The van der Waals surface area contributed by atoms with Gasteiger partial charge >= 0.3 is 0 Å². The van der Waals surface area contributed by atoms with Crippen LogP contribution < -0.4 is 4.72 Å². The van der Waals surface area contributed by atoms with Crippen molar-refractivity contribution in [1.82, 2.24) is 9.97 Å². The van der Waals surface area contributed by atoms with Gasteiger partial charge in [-0.05, 0) is 12.1 Å². The summed E-state index contributed by atoms with van der Waals surface area (Å²) in [6, 6.07) is 8.73. The molecule has 0 spiro atoms. The fourth-order valence-electron chi connectivity index (χ4n) is 1.42. The van der Waals surface area contributed by atoms with Crippen LogP contribution in [0.2, 0.25) is 5.15 Å². The zero-order chi connectivity index (χ0) is 13.9. The van der Waals surface area contributed by atoms with Gasteiger partial charge in [0.05, 0.1) is 29.3 Å². The molecule has 0 radical (unpaired) electrons. The second-order valence-corrected chi connectivity index (χ2v) is 5.88. The van der Waals surface area contributed by atoms with Gasteiger partial charge in [0, 0.05) is 0 Å². The summed E-state index contributed by atoms with van der Waals surface area (Å²) < 4.78 is 25.5. The molecule has 1 N–H and O–H groups in total. The first-order valence-electron chi connectivity index (χ1n) is 5.31. The van der Waals surface area contributed by atoms with Crippen LogP contribution in [-0.4, -0.2) is 24.1 Å². The molecule has 0 atom stereocenters. The van der Waals surface area contributed by atoms with Crippen molar-refractivity contribution in [2.75, 3.05) is 10.5 Å². The molecule has 8 heteroatoms. The average Bonchev–Trinajstić information content (AvgIpc) is 2.37. The first-order valence-corrected chi connectivity index (χ1v) is 7.34. The lowest BCUT2D eigenvalue weighted by Crippen LogP contribution is -2.17. The van der Waals surface area contributed by atoms with E-state index in [1.54, 1.807) is 30.3 Å². The summed E-state index contributed by atoms with van der Waals surface area (Å²) in [5.74, 6) is -0.341. The van der Waals surface area contributed by atoms with Gasteiger partial charge in [0.1, 0.15) is 0 Å². The molecule has 1 aromatic heterocycles. The topological polar surface area (TPSA) is 95.7 Å². The summed E-state index contributed by atoms with van der Waals surface area (Å²) in [5.41, 5.74) is 1.11. The van der Waals surface area contributed by atoms with Gasteiger partial charge < -0.3 is 0 Å². The molecule has 0 bridgehead atoms. The summed E-state index contributed by atoms with van der Waals surface area (Å²) in [4.78, 5) is 8.15. The van der Waals surface area contributed by atoms with E-state index >= 15 is 0 Å². The molecular weight excluding hydrogens is 288 g/mol. The van der Waals surface area contributed by atoms with Gasteiger partial charge in [-0.3, -0.25) is 4.72 Å². The van der Waals surface area contributed by atoms with Gasteiger partial charge in [-0.1, -0.05) is 23.7 Å². The number of nitriles is 1. The van der Waals surface area contributed by atoms with Crippen LogP contribution in [-0.2, 0) is 10.0 Å². The quantitative estimate of drug-likeness (QED) is 0.930. The van der Waals surface area contributed by atoms with Gasteiger partial charge in [0.2, 0.25) is 10.0 Å². The molecule has 98 valence electrons. The van der Waals surface area contributed by atoms with Crippen LogP contribution >= 0.6 is 11.6 Å². The van der Waals surface area contributed by atoms with Gasteiger partial charge in [0.15, 0.2) is 11.0 Å². The Bertz CT molecular complexity index is 755. The third kappa shape index (κ3) is 3.30. The molecule has 2 aromatic rings. The molecule has 0 saturated carbocycles. The molecule has 0 amide bonds. The zero-order valence-electron chi connectivity index (χ0n) is 9.67. The minimum absolute atomic E-state index is 0.0285. The molecule has 0 aliphatic rings. The maximum Gasteiger partial charge on any atom is 0.234 e. The van der Waals surface area contributed by atoms with Crippen molar-refractivity contribution in [3.05, 3.63) is 29.4 Å². The Kier molecular flexibility index (Phi) is 3.83. The van der Waals surface area contributed by atoms with E-state index in [-0.39, 0.29) is 23.1 Å². The number of anilines is 1. The van der Waals surface area contributed by atoms with E-state index in [0.717, 1.165) is 0 Å². The number of benzene rings is 1. The normalized spacial score (nSPS) is 11.2. The van der Waals surface area contributed by atoms with Crippen molar-refractivity contribution in [3.8, 4) is 6.07 Å². The first kappa shape index (κ1) is 13.5. The molecule has 1 aromatic carbocycles. The Morgan fingerprint density at radius 1 is 1.26 bits per heavy atom. The lowest BCUT2D eigenvalue weighted by molar-refractivity contribution is 0.601. The van der Waals surface area contributed by atoms with Crippen molar-refractivity contribution < 1.29 is 8.42 Å². The SMILES string of the molecule is N#CCCS(=O)(=O)Nc1nc2ccccc2nc1Cl. The monoisotopic (exact) mass is 296 g/mol. The van der Waals surface area contributed by atoms with Crippen LogP contribution in [0.3, 0.4) is 0 Å². The van der Waals surface area contributed by atoms with Crippen LogP contribution in [0, 0.1) is 11.3 Å². The smallest absolute Gasteiger partial charge is 0.234 e. The number of sulfonamides is 1. The molecule has 1 heterocycles. The molecule has 2 rings (SSSR count). The van der Waals surface area contributed by atoms with E-state index in [0.29, 0.717) is 11.0 Å². The minimum atomic E-state index is -3.65. The van der Waals surface area contributed by atoms with Crippen LogP contribution in [0.5, 0.6) is 0 Å². The standard InChI is InChI=1S/C11H9ClN4O2S/c12-10-11(16-19(17,18)7-3-6-13)15-9-5-2-1-4-8(9)14-10/h1-2,4-5H,3,7H2,(H,15,16). The minimum Gasteiger partial charge on any atom is -0.265 e. The van der Waals surface area contributed by atoms with Crippen LogP contribution in [0.25, 0.3) is 11.0 Å². The molecule has 0 saturated heterocycles. The third-order valence-corrected chi connectivity index (χ3v) is 3.77. The van der Waals surface area contributed by atoms with Gasteiger partial charge in [-0.15, -0.1) is 0 Å². The number of para-hydroxylation sites is 2. The van der Waals surface area contributed by atoms with Crippen molar-refractivity contribution in [2.45, 2.75) is 6.42 Å². The number of hydrogen-bond acceptors (Lipinski definition) is 5. The summed E-state index contributed by atoms with van der Waals surface area (Å²) >= 11 is 5.88. The fraction of sp³-hybridized carbons (Fsp3) is 0.182. The number of hydrogen-bond donors (Lipinski definition) is 1. The Morgan fingerprint density at radius 2 is 1.89 bits per heavy atom. The van der Waals surface area contributed by atoms with E-state index < -0.39 is 10.0 Å². The highest BCUT2D eigenvalue weighted by Gasteiger charge is 2.14. The lowest BCUT2D eigenvalue weighted by Gasteiger charge is -2.07. The molecule has 0 unspecified atom stereocenters. The summed E-state index contributed by atoms with van der Waals surface area (Å²) in [7, 11) is -3.65. The highest BCUT2D eigenvalue weighted by molar-refractivity contribution is 7.92. The van der Waals surface area contributed by atoms with Crippen molar-refractivity contribution in [1.29, 1.82) is 5.26 Å². The predicted molar refractivity (Wildman–Crippen MR) is 72.2 cm³/mol. The average molecular weight is 297 g/mol. The second-order valence-electron chi connectivity index (χ2n) is 3.68. The first-order chi connectivity index (χ1) is 9.02. The molecule has 19 heavy (non-hydrogen) atoms. The van der Waals surface area contributed by atoms with Crippen molar-refractivity contribution >= 4 is 38.5 Å². The van der Waals surface area contributed by atoms with E-state index in [4.69, 9.17) is 16.9 Å². The number of nitrogens with one attached hydrogen (secondary N) is 1. The Hall–Kier alpha value is -1.91. The zero-order valence-corrected chi connectivity index (χ0v) is 11.2. The Balaban J connectivity index is 2.36. The number of aromatic nitrogens is 2. The predicted octanol–water partition coefficient (Wildman–Crippen LogP) is 1.94.